The maximum Gasteiger partial charge on any atom is 0.261 e. The largest absolute Gasteiger partial charge is 0.308 e. The van der Waals surface area contributed by atoms with Crippen LogP contribution in [0.2, 0.25) is 0 Å². The summed E-state index contributed by atoms with van der Waals surface area (Å²) in [6.07, 6.45) is 3.92. The van der Waals surface area contributed by atoms with Crippen LogP contribution in [0.4, 0.5) is 17.3 Å². The summed E-state index contributed by atoms with van der Waals surface area (Å²) in [7, 11) is 1.78. The number of anilines is 3. The topological polar surface area (TPSA) is 49.3 Å². The van der Waals surface area contributed by atoms with Gasteiger partial charge in [-0.2, -0.15) is 0 Å². The zero-order valence-corrected chi connectivity index (χ0v) is 13.0. The van der Waals surface area contributed by atoms with E-state index >= 15 is 0 Å². The second-order valence-corrected chi connectivity index (χ2v) is 6.13. The molecule has 0 bridgehead atoms. The summed E-state index contributed by atoms with van der Waals surface area (Å²) in [5.74, 6) is 1.45. The molecule has 21 heavy (non-hydrogen) atoms. The molecule has 2 aromatic heterocycles. The van der Waals surface area contributed by atoms with Gasteiger partial charge in [-0.25, -0.2) is 9.97 Å². The van der Waals surface area contributed by atoms with Crippen LogP contribution in [0.1, 0.15) is 23.2 Å². The predicted octanol–water partition coefficient (Wildman–Crippen LogP) is 3.13. The molecule has 1 aliphatic carbocycles. The quantitative estimate of drug-likeness (QED) is 0.745. The minimum Gasteiger partial charge on any atom is -0.308 e. The first kappa shape index (κ1) is 12.8. The van der Waals surface area contributed by atoms with Crippen molar-refractivity contribution in [2.75, 3.05) is 16.8 Å². The summed E-state index contributed by atoms with van der Waals surface area (Å²) in [5.41, 5.74) is 1.44. The van der Waals surface area contributed by atoms with Crippen LogP contribution in [-0.4, -0.2) is 29.0 Å². The van der Waals surface area contributed by atoms with Gasteiger partial charge in [0.25, 0.3) is 5.91 Å². The van der Waals surface area contributed by atoms with E-state index in [0.29, 0.717) is 17.4 Å². The fourth-order valence-electron chi connectivity index (χ4n) is 2.68. The first-order valence-corrected chi connectivity index (χ1v) is 7.65. The summed E-state index contributed by atoms with van der Waals surface area (Å²) in [5, 5.41) is 0. The maximum absolute atomic E-state index is 12.7. The highest BCUT2D eigenvalue weighted by atomic mass is 79.9. The van der Waals surface area contributed by atoms with Gasteiger partial charge < -0.3 is 9.80 Å². The number of fused-ring (bicyclic) bond motifs is 2. The Kier molecular flexibility index (Phi) is 2.75. The Morgan fingerprint density at radius 1 is 1.24 bits per heavy atom. The van der Waals surface area contributed by atoms with Gasteiger partial charge in [0, 0.05) is 19.3 Å². The van der Waals surface area contributed by atoms with Crippen molar-refractivity contribution >= 4 is 39.2 Å². The van der Waals surface area contributed by atoms with Crippen LogP contribution < -0.4 is 9.80 Å². The van der Waals surface area contributed by atoms with Gasteiger partial charge in [0.2, 0.25) is 0 Å². The normalized spacial score (nSPS) is 17.3. The van der Waals surface area contributed by atoms with Crippen LogP contribution in [-0.2, 0) is 0 Å². The Labute approximate surface area is 130 Å². The van der Waals surface area contributed by atoms with Gasteiger partial charge in [-0.05, 0) is 53.0 Å². The number of hydrogen-bond donors (Lipinski definition) is 0. The Morgan fingerprint density at radius 3 is 2.81 bits per heavy atom. The average molecular weight is 345 g/mol. The first-order valence-electron chi connectivity index (χ1n) is 6.85. The Balaban J connectivity index is 2.02. The van der Waals surface area contributed by atoms with E-state index < -0.39 is 0 Å². The van der Waals surface area contributed by atoms with E-state index in [1.54, 1.807) is 24.2 Å². The zero-order chi connectivity index (χ0) is 14.6. The van der Waals surface area contributed by atoms with Crippen LogP contribution in [0.3, 0.4) is 0 Å². The first-order chi connectivity index (χ1) is 10.2. The highest BCUT2D eigenvalue weighted by Gasteiger charge is 2.39. The van der Waals surface area contributed by atoms with Gasteiger partial charge in [-0.3, -0.25) is 4.79 Å². The minimum absolute atomic E-state index is 0.0494. The second-order valence-electron chi connectivity index (χ2n) is 5.32. The van der Waals surface area contributed by atoms with Gasteiger partial charge in [-0.1, -0.05) is 0 Å². The van der Waals surface area contributed by atoms with Gasteiger partial charge in [0.1, 0.15) is 10.4 Å². The monoisotopic (exact) mass is 344 g/mol. The van der Waals surface area contributed by atoms with E-state index in [4.69, 9.17) is 0 Å². The molecular formula is C15H13BrN4O. The summed E-state index contributed by atoms with van der Waals surface area (Å²) in [4.78, 5) is 25.5. The Morgan fingerprint density at radius 2 is 2.05 bits per heavy atom. The molecule has 1 aliphatic heterocycles. The zero-order valence-electron chi connectivity index (χ0n) is 11.5. The molecule has 0 unspecified atom stereocenters. The molecule has 2 aromatic rings. The number of pyridine rings is 2. The highest BCUT2D eigenvalue weighted by molar-refractivity contribution is 9.10. The highest BCUT2D eigenvalue weighted by Crippen LogP contribution is 2.44. The maximum atomic E-state index is 12.7. The SMILES string of the molecule is CN1C(=O)c2cccnc2N(C2CC2)c2nc(Br)ccc21. The third kappa shape index (κ3) is 1.93. The minimum atomic E-state index is -0.0494. The summed E-state index contributed by atoms with van der Waals surface area (Å²) in [6, 6.07) is 7.79. The standard InChI is InChI=1S/C15H13BrN4O/c1-19-11-6-7-12(16)18-14(11)20(9-4-5-9)13-10(15(19)21)3-2-8-17-13/h2-3,6-9H,4-5H2,1H3. The van der Waals surface area contributed by atoms with Gasteiger partial charge >= 0.3 is 0 Å². The molecule has 2 aliphatic rings. The molecule has 5 nitrogen and oxygen atoms in total. The Hall–Kier alpha value is -1.95. The lowest BCUT2D eigenvalue weighted by Gasteiger charge is -2.24. The molecule has 0 spiro atoms. The van der Waals surface area contributed by atoms with Crippen molar-refractivity contribution in [3.05, 3.63) is 40.6 Å². The molecule has 106 valence electrons. The second kappa shape index (κ2) is 4.53. The van der Waals surface area contributed by atoms with Crippen LogP contribution in [0.15, 0.2) is 35.1 Å². The summed E-state index contributed by atoms with van der Waals surface area (Å²) < 4.78 is 0.757. The predicted molar refractivity (Wildman–Crippen MR) is 84.1 cm³/mol. The van der Waals surface area contributed by atoms with Crippen molar-refractivity contribution in [2.45, 2.75) is 18.9 Å². The lowest BCUT2D eigenvalue weighted by molar-refractivity contribution is 0.0994. The number of amides is 1. The van der Waals surface area contributed by atoms with Crippen LogP contribution in [0, 0.1) is 0 Å². The van der Waals surface area contributed by atoms with Crippen molar-refractivity contribution in [3.8, 4) is 0 Å². The number of rotatable bonds is 1. The summed E-state index contributed by atoms with van der Waals surface area (Å²) >= 11 is 3.43. The smallest absolute Gasteiger partial charge is 0.261 e. The summed E-state index contributed by atoms with van der Waals surface area (Å²) in [6.45, 7) is 0. The molecule has 1 amide bonds. The van der Waals surface area contributed by atoms with E-state index in [1.807, 2.05) is 18.2 Å². The number of nitrogens with zero attached hydrogens (tertiary/aromatic N) is 4. The molecular weight excluding hydrogens is 332 g/mol. The van der Waals surface area contributed by atoms with Crippen molar-refractivity contribution in [1.82, 2.24) is 9.97 Å². The van der Waals surface area contributed by atoms with Crippen LogP contribution in [0.25, 0.3) is 0 Å². The van der Waals surface area contributed by atoms with Crippen molar-refractivity contribution in [1.29, 1.82) is 0 Å². The van der Waals surface area contributed by atoms with Crippen molar-refractivity contribution in [3.63, 3.8) is 0 Å². The Bertz CT molecular complexity index is 744. The van der Waals surface area contributed by atoms with Crippen molar-refractivity contribution < 1.29 is 4.79 Å². The lowest BCUT2D eigenvalue weighted by atomic mass is 10.2. The van der Waals surface area contributed by atoms with Gasteiger partial charge in [-0.15, -0.1) is 0 Å². The number of carbonyl (C=O) groups is 1. The molecule has 1 saturated carbocycles. The van der Waals surface area contributed by atoms with E-state index in [0.717, 1.165) is 29.0 Å². The van der Waals surface area contributed by atoms with Crippen LogP contribution in [0.5, 0.6) is 0 Å². The molecule has 6 heteroatoms. The fourth-order valence-corrected chi connectivity index (χ4v) is 2.98. The third-order valence-corrected chi connectivity index (χ3v) is 4.31. The average Bonchev–Trinajstić information content (AvgIpc) is 3.31. The molecule has 1 fully saturated rings. The molecule has 0 aromatic carbocycles. The van der Waals surface area contributed by atoms with Gasteiger partial charge in [0.05, 0.1) is 11.3 Å². The fraction of sp³-hybridized carbons (Fsp3) is 0.267. The van der Waals surface area contributed by atoms with Gasteiger partial charge in [0.15, 0.2) is 5.82 Å². The number of halogens is 1. The van der Waals surface area contributed by atoms with Crippen molar-refractivity contribution in [2.24, 2.45) is 0 Å². The molecule has 0 N–H and O–H groups in total. The number of carbonyl (C=O) groups excluding carboxylic acids is 1. The molecule has 4 rings (SSSR count). The molecule has 0 saturated heterocycles. The number of aromatic nitrogens is 2. The van der Waals surface area contributed by atoms with Crippen LogP contribution >= 0.6 is 15.9 Å². The van der Waals surface area contributed by atoms with E-state index in [2.05, 4.69) is 30.8 Å². The van der Waals surface area contributed by atoms with E-state index in [1.165, 1.54) is 0 Å². The molecule has 0 atom stereocenters. The molecule has 3 heterocycles. The third-order valence-electron chi connectivity index (χ3n) is 3.87. The van der Waals surface area contributed by atoms with E-state index in [9.17, 15) is 4.79 Å². The molecule has 0 radical (unpaired) electrons. The van der Waals surface area contributed by atoms with E-state index in [-0.39, 0.29) is 5.91 Å². The lowest BCUT2D eigenvalue weighted by Crippen LogP contribution is -2.25. The number of hydrogen-bond acceptors (Lipinski definition) is 4.